The zero-order chi connectivity index (χ0) is 14.2. The topological polar surface area (TPSA) is 90.0 Å². The van der Waals surface area contributed by atoms with Crippen molar-refractivity contribution in [2.24, 2.45) is 7.05 Å². The number of nitrogens with one attached hydrogen (secondary N) is 1. The van der Waals surface area contributed by atoms with Crippen molar-refractivity contribution < 1.29 is 8.42 Å². The SMILES string of the molecule is Cc1c(N)cc(Br)cc1S(=O)(=O)Nc1cnn(C)c1. The van der Waals surface area contributed by atoms with Gasteiger partial charge in [-0.15, -0.1) is 0 Å². The van der Waals surface area contributed by atoms with E-state index in [1.807, 2.05) is 0 Å². The minimum Gasteiger partial charge on any atom is -0.398 e. The van der Waals surface area contributed by atoms with Gasteiger partial charge in [-0.2, -0.15) is 5.10 Å². The van der Waals surface area contributed by atoms with Gasteiger partial charge in [0, 0.05) is 23.4 Å². The van der Waals surface area contributed by atoms with Crippen molar-refractivity contribution in [1.29, 1.82) is 0 Å². The molecule has 0 saturated heterocycles. The summed E-state index contributed by atoms with van der Waals surface area (Å²) in [5, 5.41) is 3.91. The van der Waals surface area contributed by atoms with E-state index in [1.54, 1.807) is 26.2 Å². The number of nitrogens with two attached hydrogens (primary N) is 1. The zero-order valence-electron chi connectivity index (χ0n) is 10.4. The molecule has 0 aliphatic carbocycles. The molecule has 8 heteroatoms. The normalized spacial score (nSPS) is 11.5. The Morgan fingerprint density at radius 2 is 2.11 bits per heavy atom. The molecular weight excluding hydrogens is 332 g/mol. The zero-order valence-corrected chi connectivity index (χ0v) is 12.8. The minimum atomic E-state index is -3.69. The molecule has 0 spiro atoms. The van der Waals surface area contributed by atoms with E-state index in [4.69, 9.17) is 5.73 Å². The molecule has 0 radical (unpaired) electrons. The van der Waals surface area contributed by atoms with Crippen molar-refractivity contribution >= 4 is 37.3 Å². The van der Waals surface area contributed by atoms with Crippen LogP contribution in [0.15, 0.2) is 33.9 Å². The Hall–Kier alpha value is -1.54. The van der Waals surface area contributed by atoms with Crippen LogP contribution in [-0.2, 0) is 17.1 Å². The van der Waals surface area contributed by atoms with E-state index in [2.05, 4.69) is 25.8 Å². The average molecular weight is 345 g/mol. The molecule has 0 amide bonds. The number of rotatable bonds is 3. The first-order valence-electron chi connectivity index (χ1n) is 5.36. The van der Waals surface area contributed by atoms with Crippen LogP contribution in [0.1, 0.15) is 5.56 Å². The summed E-state index contributed by atoms with van der Waals surface area (Å²) in [6.45, 7) is 1.67. The number of nitrogen functional groups attached to an aromatic ring is 1. The van der Waals surface area contributed by atoms with E-state index < -0.39 is 10.0 Å². The highest BCUT2D eigenvalue weighted by molar-refractivity contribution is 9.10. The Kier molecular flexibility index (Phi) is 3.55. The number of aryl methyl sites for hydroxylation is 1. The third-order valence-electron chi connectivity index (χ3n) is 2.61. The van der Waals surface area contributed by atoms with E-state index in [-0.39, 0.29) is 4.90 Å². The van der Waals surface area contributed by atoms with Gasteiger partial charge in [0.05, 0.1) is 16.8 Å². The van der Waals surface area contributed by atoms with Crippen LogP contribution in [0.2, 0.25) is 0 Å². The Labute approximate surface area is 119 Å². The number of halogens is 1. The quantitative estimate of drug-likeness (QED) is 0.831. The van der Waals surface area contributed by atoms with E-state index >= 15 is 0 Å². The molecule has 0 atom stereocenters. The molecule has 6 nitrogen and oxygen atoms in total. The molecule has 0 bridgehead atoms. The Morgan fingerprint density at radius 3 is 2.68 bits per heavy atom. The third-order valence-corrected chi connectivity index (χ3v) is 4.58. The Bertz CT molecular complexity index is 724. The standard InChI is InChI=1S/C11H13BrN4O2S/c1-7-10(13)3-8(12)4-11(7)19(17,18)15-9-5-14-16(2)6-9/h3-6,15H,13H2,1-2H3. The summed E-state index contributed by atoms with van der Waals surface area (Å²) in [5.74, 6) is 0. The molecule has 1 aromatic heterocycles. The molecule has 2 rings (SSSR count). The van der Waals surface area contributed by atoms with Gasteiger partial charge in [-0.3, -0.25) is 9.40 Å². The second kappa shape index (κ2) is 4.86. The summed E-state index contributed by atoms with van der Waals surface area (Å²) in [6.07, 6.45) is 3.02. The molecule has 1 heterocycles. The summed E-state index contributed by atoms with van der Waals surface area (Å²) in [5.41, 5.74) is 7.11. The second-order valence-electron chi connectivity index (χ2n) is 4.13. The molecule has 19 heavy (non-hydrogen) atoms. The maximum absolute atomic E-state index is 12.3. The molecular formula is C11H13BrN4O2S. The largest absolute Gasteiger partial charge is 0.398 e. The van der Waals surface area contributed by atoms with Crippen LogP contribution >= 0.6 is 15.9 Å². The van der Waals surface area contributed by atoms with E-state index in [0.29, 0.717) is 21.4 Å². The molecule has 0 unspecified atom stereocenters. The number of benzene rings is 1. The second-order valence-corrected chi connectivity index (χ2v) is 6.69. The van der Waals surface area contributed by atoms with E-state index in [9.17, 15) is 8.42 Å². The molecule has 0 aliphatic heterocycles. The molecule has 0 fully saturated rings. The lowest BCUT2D eigenvalue weighted by atomic mass is 10.2. The lowest BCUT2D eigenvalue weighted by molar-refractivity contribution is 0.600. The summed E-state index contributed by atoms with van der Waals surface area (Å²) in [4.78, 5) is 0.142. The fourth-order valence-corrected chi connectivity index (χ4v) is 3.59. The summed E-state index contributed by atoms with van der Waals surface area (Å²) in [6, 6.07) is 3.18. The van der Waals surface area contributed by atoms with Gasteiger partial charge in [-0.25, -0.2) is 8.42 Å². The first-order valence-corrected chi connectivity index (χ1v) is 7.64. The number of hydrogen-bond acceptors (Lipinski definition) is 4. The van der Waals surface area contributed by atoms with Crippen LogP contribution in [0.3, 0.4) is 0 Å². The molecule has 102 valence electrons. The van der Waals surface area contributed by atoms with Gasteiger partial charge in [0.1, 0.15) is 0 Å². The minimum absolute atomic E-state index is 0.142. The van der Waals surface area contributed by atoms with Crippen LogP contribution < -0.4 is 10.5 Å². The number of anilines is 2. The van der Waals surface area contributed by atoms with Gasteiger partial charge < -0.3 is 5.73 Å². The van der Waals surface area contributed by atoms with Gasteiger partial charge in [-0.05, 0) is 24.6 Å². The Balaban J connectivity index is 2.45. The molecule has 1 aromatic carbocycles. The third kappa shape index (κ3) is 2.90. The van der Waals surface area contributed by atoms with E-state index in [1.165, 1.54) is 16.9 Å². The summed E-state index contributed by atoms with van der Waals surface area (Å²) >= 11 is 3.24. The molecule has 0 saturated carbocycles. The molecule has 0 aliphatic rings. The number of aromatic nitrogens is 2. The summed E-state index contributed by atoms with van der Waals surface area (Å²) < 4.78 is 29.2. The highest BCUT2D eigenvalue weighted by atomic mass is 79.9. The highest BCUT2D eigenvalue weighted by Gasteiger charge is 2.19. The number of nitrogens with zero attached hydrogens (tertiary/aromatic N) is 2. The lowest BCUT2D eigenvalue weighted by Crippen LogP contribution is -2.14. The van der Waals surface area contributed by atoms with Crippen LogP contribution in [0, 0.1) is 6.92 Å². The monoisotopic (exact) mass is 344 g/mol. The fraction of sp³-hybridized carbons (Fsp3) is 0.182. The van der Waals surface area contributed by atoms with Crippen LogP contribution in [-0.4, -0.2) is 18.2 Å². The van der Waals surface area contributed by atoms with Gasteiger partial charge >= 0.3 is 0 Å². The van der Waals surface area contributed by atoms with Crippen molar-refractivity contribution in [3.8, 4) is 0 Å². The van der Waals surface area contributed by atoms with Crippen LogP contribution in [0.5, 0.6) is 0 Å². The molecule has 3 N–H and O–H groups in total. The predicted octanol–water partition coefficient (Wildman–Crippen LogP) is 1.87. The first-order chi connectivity index (χ1) is 8.79. The number of sulfonamides is 1. The van der Waals surface area contributed by atoms with Crippen molar-refractivity contribution in [2.75, 3.05) is 10.5 Å². The molecule has 2 aromatic rings. The van der Waals surface area contributed by atoms with Crippen molar-refractivity contribution in [3.63, 3.8) is 0 Å². The Morgan fingerprint density at radius 1 is 1.42 bits per heavy atom. The smallest absolute Gasteiger partial charge is 0.262 e. The lowest BCUT2D eigenvalue weighted by Gasteiger charge is -2.11. The fourth-order valence-electron chi connectivity index (χ4n) is 1.64. The van der Waals surface area contributed by atoms with Gasteiger partial charge in [0.2, 0.25) is 0 Å². The van der Waals surface area contributed by atoms with Crippen molar-refractivity contribution in [3.05, 3.63) is 34.6 Å². The summed E-state index contributed by atoms with van der Waals surface area (Å²) in [7, 11) is -1.98. The number of hydrogen-bond donors (Lipinski definition) is 2. The van der Waals surface area contributed by atoms with E-state index in [0.717, 1.165) is 0 Å². The van der Waals surface area contributed by atoms with Gasteiger partial charge in [-0.1, -0.05) is 15.9 Å². The highest BCUT2D eigenvalue weighted by Crippen LogP contribution is 2.27. The maximum Gasteiger partial charge on any atom is 0.262 e. The van der Waals surface area contributed by atoms with Gasteiger partial charge in [0.15, 0.2) is 0 Å². The predicted molar refractivity (Wildman–Crippen MR) is 77.3 cm³/mol. The van der Waals surface area contributed by atoms with Crippen LogP contribution in [0.25, 0.3) is 0 Å². The average Bonchev–Trinajstić information content (AvgIpc) is 2.68. The van der Waals surface area contributed by atoms with Gasteiger partial charge in [0.25, 0.3) is 10.0 Å². The van der Waals surface area contributed by atoms with Crippen molar-refractivity contribution in [1.82, 2.24) is 9.78 Å². The first kappa shape index (κ1) is 13.9. The maximum atomic E-state index is 12.3. The van der Waals surface area contributed by atoms with Crippen molar-refractivity contribution in [2.45, 2.75) is 11.8 Å². The van der Waals surface area contributed by atoms with Crippen LogP contribution in [0.4, 0.5) is 11.4 Å².